The Hall–Kier alpha value is -4.02. The lowest BCUT2D eigenvalue weighted by molar-refractivity contribution is -0.134. The van der Waals surface area contributed by atoms with Gasteiger partial charge in [0, 0.05) is 54.2 Å². The number of pyridine rings is 1. The Bertz CT molecular complexity index is 1590. The maximum atomic E-state index is 16.2. The van der Waals surface area contributed by atoms with E-state index in [4.69, 9.17) is 4.52 Å². The summed E-state index contributed by atoms with van der Waals surface area (Å²) in [5.74, 6) is -1.33. The summed E-state index contributed by atoms with van der Waals surface area (Å²) in [6.45, 7) is 5.74. The van der Waals surface area contributed by atoms with Crippen LogP contribution < -0.4 is 5.32 Å². The van der Waals surface area contributed by atoms with Crippen LogP contribution in [0.3, 0.4) is 0 Å². The predicted octanol–water partition coefficient (Wildman–Crippen LogP) is 4.06. The minimum Gasteiger partial charge on any atom is -0.384 e. The molecule has 4 aromatic rings. The molecule has 2 aromatic heterocycles. The molecule has 2 saturated heterocycles. The molecule has 2 aromatic carbocycles. The molecular formula is C30H30FN5O4. The van der Waals surface area contributed by atoms with Gasteiger partial charge in [0.15, 0.2) is 6.33 Å². The monoisotopic (exact) mass is 543 g/mol. The highest BCUT2D eigenvalue weighted by Gasteiger charge is 2.50. The summed E-state index contributed by atoms with van der Waals surface area (Å²) < 4.78 is 21.3. The van der Waals surface area contributed by atoms with Gasteiger partial charge in [-0.15, -0.1) is 0 Å². The molecule has 4 heterocycles. The number of likely N-dealkylation sites (tertiary alicyclic amines) is 1. The second-order valence-electron chi connectivity index (χ2n) is 11.4. The minimum atomic E-state index is -1.41. The van der Waals surface area contributed by atoms with Crippen molar-refractivity contribution >= 4 is 22.7 Å². The van der Waals surface area contributed by atoms with Crippen LogP contribution in [0.5, 0.6) is 0 Å². The van der Waals surface area contributed by atoms with Gasteiger partial charge in [-0.1, -0.05) is 37.2 Å². The molecule has 2 atom stereocenters. The summed E-state index contributed by atoms with van der Waals surface area (Å²) in [5, 5.41) is 18.3. The van der Waals surface area contributed by atoms with Crippen molar-refractivity contribution in [3.8, 4) is 11.5 Å². The summed E-state index contributed by atoms with van der Waals surface area (Å²) in [6.07, 6.45) is 3.86. The number of halogens is 1. The van der Waals surface area contributed by atoms with Gasteiger partial charge in [0.2, 0.25) is 11.8 Å². The Morgan fingerprint density at radius 3 is 2.65 bits per heavy atom. The number of nitrogens with zero attached hydrogens (tertiary/aromatic N) is 4. The Kier molecular flexibility index (Phi) is 6.47. The number of aliphatic hydroxyl groups is 1. The van der Waals surface area contributed by atoms with Crippen molar-refractivity contribution in [1.29, 1.82) is 0 Å². The zero-order chi connectivity index (χ0) is 28.1. The number of benzene rings is 2. The van der Waals surface area contributed by atoms with Crippen LogP contribution in [0.1, 0.15) is 55.7 Å². The van der Waals surface area contributed by atoms with Crippen molar-refractivity contribution in [2.75, 3.05) is 13.1 Å². The first-order valence-corrected chi connectivity index (χ1v) is 13.4. The quantitative estimate of drug-likeness (QED) is 0.362. The van der Waals surface area contributed by atoms with E-state index in [1.807, 2.05) is 38.1 Å². The lowest BCUT2D eigenvalue weighted by atomic mass is 9.66. The van der Waals surface area contributed by atoms with Crippen molar-refractivity contribution in [1.82, 2.24) is 25.3 Å². The van der Waals surface area contributed by atoms with Gasteiger partial charge in [-0.05, 0) is 48.2 Å². The molecule has 2 aliphatic heterocycles. The molecule has 0 unspecified atom stereocenters. The van der Waals surface area contributed by atoms with Crippen molar-refractivity contribution in [3.63, 3.8) is 0 Å². The zero-order valence-corrected chi connectivity index (χ0v) is 22.4. The Labute approximate surface area is 230 Å². The van der Waals surface area contributed by atoms with E-state index in [2.05, 4.69) is 25.3 Å². The first-order chi connectivity index (χ1) is 19.1. The number of piperidine rings is 2. The Balaban J connectivity index is 1.24. The fourth-order valence-corrected chi connectivity index (χ4v) is 6.07. The summed E-state index contributed by atoms with van der Waals surface area (Å²) in [7, 11) is 0. The number of rotatable bonds is 5. The van der Waals surface area contributed by atoms with Gasteiger partial charge >= 0.3 is 0 Å². The van der Waals surface area contributed by atoms with Crippen molar-refractivity contribution in [2.45, 2.75) is 51.2 Å². The van der Waals surface area contributed by atoms with Crippen LogP contribution in [-0.2, 0) is 21.7 Å². The van der Waals surface area contributed by atoms with Gasteiger partial charge < -0.3 is 9.63 Å². The average molecular weight is 544 g/mol. The molecule has 0 spiro atoms. The summed E-state index contributed by atoms with van der Waals surface area (Å²) in [5.41, 5.74) is 1.10. The molecule has 0 aliphatic carbocycles. The van der Waals surface area contributed by atoms with E-state index in [0.29, 0.717) is 49.4 Å². The maximum Gasteiger partial charge on any atom is 0.257 e. The number of fused-ring (bicyclic) bond motifs is 1. The van der Waals surface area contributed by atoms with Crippen molar-refractivity contribution < 1.29 is 23.6 Å². The number of imide groups is 1. The molecular weight excluding hydrogens is 513 g/mol. The topological polar surface area (TPSA) is 121 Å². The summed E-state index contributed by atoms with van der Waals surface area (Å²) in [6, 6.07) is 12.9. The third-order valence-corrected chi connectivity index (χ3v) is 8.40. The van der Waals surface area contributed by atoms with Gasteiger partial charge in [-0.25, -0.2) is 4.39 Å². The van der Waals surface area contributed by atoms with Crippen LogP contribution in [0.4, 0.5) is 4.39 Å². The normalized spacial score (nSPS) is 23.4. The Morgan fingerprint density at radius 2 is 1.95 bits per heavy atom. The highest BCUT2D eigenvalue weighted by atomic mass is 19.1. The van der Waals surface area contributed by atoms with E-state index >= 15 is 4.39 Å². The number of carbonyl (C=O) groups is 2. The van der Waals surface area contributed by atoms with Crippen molar-refractivity contribution in [2.24, 2.45) is 5.41 Å². The molecule has 2 N–H and O–H groups in total. The molecule has 2 fully saturated rings. The number of nitrogens with one attached hydrogen (secondary N) is 1. The van der Waals surface area contributed by atoms with Crippen LogP contribution in [0.25, 0.3) is 22.4 Å². The Morgan fingerprint density at radius 1 is 1.15 bits per heavy atom. The van der Waals surface area contributed by atoms with Crippen molar-refractivity contribution in [3.05, 3.63) is 77.5 Å². The highest BCUT2D eigenvalue weighted by Crippen LogP contribution is 2.48. The molecule has 0 saturated carbocycles. The number of amides is 2. The van der Waals surface area contributed by atoms with Crippen LogP contribution in [0, 0.1) is 11.2 Å². The number of aromatic nitrogens is 3. The molecule has 2 aliphatic rings. The fraction of sp³-hybridized carbons (Fsp3) is 0.367. The van der Waals surface area contributed by atoms with Gasteiger partial charge in [0.05, 0.1) is 17.0 Å². The number of hydrogen-bond acceptors (Lipinski definition) is 8. The zero-order valence-electron chi connectivity index (χ0n) is 22.4. The van der Waals surface area contributed by atoms with Crippen LogP contribution in [-0.4, -0.2) is 50.0 Å². The lowest BCUT2D eigenvalue weighted by Crippen LogP contribution is -2.55. The molecule has 0 bridgehead atoms. The van der Waals surface area contributed by atoms with Gasteiger partial charge in [0.1, 0.15) is 5.82 Å². The lowest BCUT2D eigenvalue weighted by Gasteiger charge is -2.50. The molecule has 0 radical (unpaired) electrons. The molecule has 40 heavy (non-hydrogen) atoms. The van der Waals surface area contributed by atoms with Crippen LogP contribution >= 0.6 is 0 Å². The predicted molar refractivity (Wildman–Crippen MR) is 144 cm³/mol. The van der Waals surface area contributed by atoms with E-state index < -0.39 is 28.7 Å². The fourth-order valence-electron chi connectivity index (χ4n) is 6.07. The van der Waals surface area contributed by atoms with Gasteiger partial charge in [0.25, 0.3) is 5.89 Å². The minimum absolute atomic E-state index is 0.226. The average Bonchev–Trinajstić information content (AvgIpc) is 3.47. The molecule has 206 valence electrons. The highest BCUT2D eigenvalue weighted by molar-refractivity contribution is 6.01. The second kappa shape index (κ2) is 9.87. The molecule has 2 amide bonds. The van der Waals surface area contributed by atoms with E-state index in [-0.39, 0.29) is 23.3 Å². The maximum absolute atomic E-state index is 16.2. The van der Waals surface area contributed by atoms with Crippen LogP contribution in [0.2, 0.25) is 0 Å². The third kappa shape index (κ3) is 4.56. The van der Waals surface area contributed by atoms with E-state index in [1.54, 1.807) is 24.4 Å². The molecule has 9 nitrogen and oxygen atoms in total. The van der Waals surface area contributed by atoms with E-state index in [0.717, 1.165) is 11.1 Å². The summed E-state index contributed by atoms with van der Waals surface area (Å²) in [4.78, 5) is 34.7. The molecule has 6 rings (SSSR count). The standard InChI is InChI=1S/C30H30FN5O4/c1-29(2)16-36(15-18-3-5-19(6-4-18)28-33-17-34-40-28)12-11-30(29,39)23-8-9-24-22(26(23)31)13-20(14-32-24)21-7-10-25(37)35-27(21)38/h3-6,8-9,13-14,17,21,39H,7,10-12,15-16H2,1-2H3,(H,35,37,38)/t21-,30+/m1/s1. The van der Waals surface area contributed by atoms with Gasteiger partial charge in [-0.3, -0.25) is 24.8 Å². The first kappa shape index (κ1) is 26.2. The van der Waals surface area contributed by atoms with E-state index in [1.165, 1.54) is 6.33 Å². The number of hydrogen-bond donors (Lipinski definition) is 2. The van der Waals surface area contributed by atoms with Crippen LogP contribution in [0.15, 0.2) is 59.5 Å². The molecule has 10 heteroatoms. The third-order valence-electron chi connectivity index (χ3n) is 8.40. The largest absolute Gasteiger partial charge is 0.384 e. The SMILES string of the molecule is CC1(C)CN(Cc2ccc(-c3ncno3)cc2)CC[C@]1(O)c1ccc2ncc([C@H]3CCC(=O)NC3=O)cc2c1F. The smallest absolute Gasteiger partial charge is 0.257 e. The summed E-state index contributed by atoms with van der Waals surface area (Å²) >= 11 is 0. The second-order valence-corrected chi connectivity index (χ2v) is 11.4. The van der Waals surface area contributed by atoms with Gasteiger partial charge in [-0.2, -0.15) is 4.98 Å². The van der Waals surface area contributed by atoms with E-state index in [9.17, 15) is 14.7 Å². The first-order valence-electron chi connectivity index (χ1n) is 13.4. The number of carbonyl (C=O) groups excluding carboxylic acids is 2.